The van der Waals surface area contributed by atoms with E-state index in [0.29, 0.717) is 0 Å². The molecule has 0 aliphatic carbocycles. The molecule has 0 saturated carbocycles. The molecule has 21 heavy (non-hydrogen) atoms. The van der Waals surface area contributed by atoms with Crippen LogP contribution in [0.2, 0.25) is 0 Å². The van der Waals surface area contributed by atoms with Crippen LogP contribution in [0.3, 0.4) is 0 Å². The predicted octanol–water partition coefficient (Wildman–Crippen LogP) is 2.22. The zero-order valence-corrected chi connectivity index (χ0v) is 14.8. The summed E-state index contributed by atoms with van der Waals surface area (Å²) in [5.74, 6) is 0.799. The molecule has 1 aromatic rings. The lowest BCUT2D eigenvalue weighted by Crippen LogP contribution is -2.45. The Morgan fingerprint density at radius 2 is 2.14 bits per heavy atom. The third-order valence-corrected chi connectivity index (χ3v) is 4.09. The van der Waals surface area contributed by atoms with E-state index in [1.807, 2.05) is 6.92 Å². The monoisotopic (exact) mass is 312 g/mol. The van der Waals surface area contributed by atoms with E-state index in [-0.39, 0.29) is 11.5 Å². The van der Waals surface area contributed by atoms with Gasteiger partial charge in [0.05, 0.1) is 16.8 Å². The molecule has 5 nitrogen and oxygen atoms in total. The Labute approximate surface area is 132 Å². The molecule has 1 atom stereocenters. The lowest BCUT2D eigenvalue weighted by molar-refractivity contribution is 0.0205. The van der Waals surface area contributed by atoms with Gasteiger partial charge in [0.2, 0.25) is 0 Å². The number of aliphatic imine (C=N–C) groups is 1. The number of thiazole rings is 1. The van der Waals surface area contributed by atoms with E-state index < -0.39 is 0 Å². The number of hydrogen-bond acceptors (Lipinski definition) is 4. The van der Waals surface area contributed by atoms with E-state index in [2.05, 4.69) is 46.8 Å². The fourth-order valence-corrected chi connectivity index (χ4v) is 2.63. The molecular weight excluding hydrogens is 284 g/mol. The number of rotatable bonds is 6. The van der Waals surface area contributed by atoms with Crippen molar-refractivity contribution in [1.29, 1.82) is 0 Å². The minimum atomic E-state index is 0.0960. The molecule has 1 unspecified atom stereocenters. The van der Waals surface area contributed by atoms with E-state index in [0.717, 1.165) is 36.2 Å². The van der Waals surface area contributed by atoms with Gasteiger partial charge in [-0.25, -0.2) is 4.98 Å². The van der Waals surface area contributed by atoms with Gasteiger partial charge in [-0.2, -0.15) is 0 Å². The standard InChI is InChI=1S/C15H28N4OS/c1-11-19-12(10-21-11)7-8-17-14(16-5)18-9-13(20-6)15(2,3)4/h10,13H,7-9H2,1-6H3,(H2,16,17,18). The van der Waals surface area contributed by atoms with Crippen molar-refractivity contribution in [1.82, 2.24) is 15.6 Å². The van der Waals surface area contributed by atoms with Gasteiger partial charge in [0.1, 0.15) is 0 Å². The third kappa shape index (κ3) is 6.44. The number of aryl methyl sites for hydroxylation is 1. The maximum Gasteiger partial charge on any atom is 0.191 e. The Bertz CT molecular complexity index is 451. The third-order valence-electron chi connectivity index (χ3n) is 3.27. The average Bonchev–Trinajstić information content (AvgIpc) is 2.81. The first-order chi connectivity index (χ1) is 9.86. The number of methoxy groups -OCH3 is 1. The van der Waals surface area contributed by atoms with Crippen molar-refractivity contribution < 1.29 is 4.74 Å². The summed E-state index contributed by atoms with van der Waals surface area (Å²) in [6, 6.07) is 0. The SMILES string of the molecule is CN=C(NCCc1csc(C)n1)NCC(OC)C(C)(C)C. The van der Waals surface area contributed by atoms with Crippen molar-refractivity contribution >= 4 is 17.3 Å². The Kier molecular flexibility index (Phi) is 7.11. The van der Waals surface area contributed by atoms with Gasteiger partial charge in [0, 0.05) is 39.0 Å². The normalized spacial score (nSPS) is 14.1. The number of hydrogen-bond donors (Lipinski definition) is 2. The second-order valence-electron chi connectivity index (χ2n) is 6.08. The summed E-state index contributed by atoms with van der Waals surface area (Å²) in [5.41, 5.74) is 1.23. The number of ether oxygens (including phenoxy) is 1. The van der Waals surface area contributed by atoms with Crippen LogP contribution >= 0.6 is 11.3 Å². The molecule has 0 bridgehead atoms. The van der Waals surface area contributed by atoms with Gasteiger partial charge in [0.15, 0.2) is 5.96 Å². The number of nitrogens with zero attached hydrogens (tertiary/aromatic N) is 2. The molecule has 6 heteroatoms. The van der Waals surface area contributed by atoms with E-state index in [1.54, 1.807) is 25.5 Å². The van der Waals surface area contributed by atoms with Crippen LogP contribution in [0, 0.1) is 12.3 Å². The topological polar surface area (TPSA) is 58.5 Å². The number of aromatic nitrogens is 1. The van der Waals surface area contributed by atoms with Crippen LogP contribution in [0.4, 0.5) is 0 Å². The van der Waals surface area contributed by atoms with Gasteiger partial charge < -0.3 is 15.4 Å². The molecule has 0 aliphatic rings. The Balaban J connectivity index is 2.35. The van der Waals surface area contributed by atoms with Gasteiger partial charge in [-0.05, 0) is 12.3 Å². The summed E-state index contributed by atoms with van der Waals surface area (Å²) < 4.78 is 5.53. The van der Waals surface area contributed by atoms with Crippen LogP contribution in [-0.2, 0) is 11.2 Å². The molecule has 120 valence electrons. The van der Waals surface area contributed by atoms with E-state index >= 15 is 0 Å². The van der Waals surface area contributed by atoms with Crippen LogP contribution in [0.15, 0.2) is 10.4 Å². The first-order valence-corrected chi connectivity index (χ1v) is 8.13. The number of nitrogens with one attached hydrogen (secondary N) is 2. The van der Waals surface area contributed by atoms with Crippen molar-refractivity contribution in [2.24, 2.45) is 10.4 Å². The summed E-state index contributed by atoms with van der Waals surface area (Å²) in [5, 5.41) is 9.84. The van der Waals surface area contributed by atoms with Gasteiger partial charge in [-0.1, -0.05) is 20.8 Å². The van der Waals surface area contributed by atoms with Crippen molar-refractivity contribution in [3.8, 4) is 0 Å². The molecule has 0 amide bonds. The average molecular weight is 312 g/mol. The second-order valence-corrected chi connectivity index (χ2v) is 7.14. The van der Waals surface area contributed by atoms with E-state index in [9.17, 15) is 0 Å². The zero-order valence-electron chi connectivity index (χ0n) is 14.0. The first kappa shape index (κ1) is 17.9. The molecule has 1 rings (SSSR count). The molecule has 0 radical (unpaired) electrons. The van der Waals surface area contributed by atoms with Crippen LogP contribution < -0.4 is 10.6 Å². The van der Waals surface area contributed by atoms with Crippen molar-refractivity contribution in [2.45, 2.75) is 40.2 Å². The van der Waals surface area contributed by atoms with Gasteiger partial charge in [-0.3, -0.25) is 4.99 Å². The summed E-state index contributed by atoms with van der Waals surface area (Å²) in [4.78, 5) is 8.69. The molecule has 2 N–H and O–H groups in total. The van der Waals surface area contributed by atoms with Crippen molar-refractivity contribution in [3.05, 3.63) is 16.1 Å². The molecule has 1 heterocycles. The Morgan fingerprint density at radius 1 is 1.43 bits per heavy atom. The fourth-order valence-electron chi connectivity index (χ4n) is 1.99. The zero-order chi connectivity index (χ0) is 15.9. The number of guanidine groups is 1. The largest absolute Gasteiger partial charge is 0.379 e. The maximum atomic E-state index is 5.53. The highest BCUT2D eigenvalue weighted by Gasteiger charge is 2.24. The smallest absolute Gasteiger partial charge is 0.191 e. The van der Waals surface area contributed by atoms with E-state index in [4.69, 9.17) is 4.74 Å². The highest BCUT2D eigenvalue weighted by Crippen LogP contribution is 2.20. The summed E-state index contributed by atoms with van der Waals surface area (Å²) in [6.07, 6.45) is 1.04. The van der Waals surface area contributed by atoms with Gasteiger partial charge in [-0.15, -0.1) is 11.3 Å². The molecule has 0 aliphatic heterocycles. The molecular formula is C15H28N4OS. The van der Waals surface area contributed by atoms with Crippen LogP contribution in [-0.4, -0.2) is 44.3 Å². The van der Waals surface area contributed by atoms with Crippen LogP contribution in [0.25, 0.3) is 0 Å². The highest BCUT2D eigenvalue weighted by molar-refractivity contribution is 7.09. The molecule has 0 spiro atoms. The Hall–Kier alpha value is -1.14. The van der Waals surface area contributed by atoms with Crippen molar-refractivity contribution in [3.63, 3.8) is 0 Å². The minimum absolute atomic E-state index is 0.0960. The molecule has 1 aromatic heterocycles. The molecule has 0 fully saturated rings. The predicted molar refractivity (Wildman–Crippen MR) is 90.2 cm³/mol. The summed E-state index contributed by atoms with van der Waals surface area (Å²) >= 11 is 1.69. The molecule has 0 saturated heterocycles. The first-order valence-electron chi connectivity index (χ1n) is 7.25. The lowest BCUT2D eigenvalue weighted by atomic mass is 9.89. The highest BCUT2D eigenvalue weighted by atomic mass is 32.1. The minimum Gasteiger partial charge on any atom is -0.379 e. The van der Waals surface area contributed by atoms with E-state index in [1.165, 1.54) is 0 Å². The van der Waals surface area contributed by atoms with Gasteiger partial charge in [0.25, 0.3) is 0 Å². The summed E-state index contributed by atoms with van der Waals surface area (Å²) in [7, 11) is 3.53. The Morgan fingerprint density at radius 3 is 2.62 bits per heavy atom. The van der Waals surface area contributed by atoms with Crippen LogP contribution in [0.5, 0.6) is 0 Å². The summed E-state index contributed by atoms with van der Waals surface area (Å²) in [6.45, 7) is 10.1. The second kappa shape index (κ2) is 8.34. The van der Waals surface area contributed by atoms with Crippen molar-refractivity contribution in [2.75, 3.05) is 27.2 Å². The lowest BCUT2D eigenvalue weighted by Gasteiger charge is -2.30. The maximum absolute atomic E-state index is 5.53. The fraction of sp³-hybridized carbons (Fsp3) is 0.733. The molecule has 0 aromatic carbocycles. The van der Waals surface area contributed by atoms with Gasteiger partial charge >= 0.3 is 0 Å². The van der Waals surface area contributed by atoms with Crippen LogP contribution in [0.1, 0.15) is 31.5 Å². The quantitative estimate of drug-likeness (QED) is 0.625.